The fraction of sp³-hybridized carbons (Fsp3) is 0.182. The molecule has 0 unspecified atom stereocenters. The maximum absolute atomic E-state index is 12.2. The zero-order valence-electron chi connectivity index (χ0n) is 14.9. The molecule has 0 saturated carbocycles. The van der Waals surface area contributed by atoms with Crippen LogP contribution < -0.4 is 10.6 Å². The molecule has 27 heavy (non-hydrogen) atoms. The van der Waals surface area contributed by atoms with Crippen molar-refractivity contribution in [1.82, 2.24) is 10.6 Å². The fourth-order valence-electron chi connectivity index (χ4n) is 2.89. The van der Waals surface area contributed by atoms with Gasteiger partial charge in [-0.05, 0) is 22.6 Å². The summed E-state index contributed by atoms with van der Waals surface area (Å²) in [5, 5.41) is 9.42. The fourth-order valence-corrected chi connectivity index (χ4v) is 3.52. The lowest BCUT2D eigenvalue weighted by atomic mass is 9.91. The minimum atomic E-state index is -0.143. The van der Waals surface area contributed by atoms with Crippen LogP contribution in [0.1, 0.15) is 33.8 Å². The molecule has 138 valence electrons. The molecule has 2 N–H and O–H groups in total. The maximum Gasteiger partial charge on any atom is 0.252 e. The Morgan fingerprint density at radius 3 is 2.04 bits per heavy atom. The second-order valence-electron chi connectivity index (χ2n) is 6.20. The summed E-state index contributed by atoms with van der Waals surface area (Å²) < 4.78 is 0. The Morgan fingerprint density at radius 2 is 1.48 bits per heavy atom. The van der Waals surface area contributed by atoms with E-state index in [9.17, 15) is 9.59 Å². The first-order valence-corrected chi connectivity index (χ1v) is 9.85. The lowest BCUT2D eigenvalue weighted by molar-refractivity contribution is -0.120. The van der Waals surface area contributed by atoms with Gasteiger partial charge in [-0.2, -0.15) is 11.3 Å². The van der Waals surface area contributed by atoms with E-state index in [4.69, 9.17) is 0 Å². The van der Waals surface area contributed by atoms with E-state index in [2.05, 4.69) is 34.9 Å². The topological polar surface area (TPSA) is 58.2 Å². The molecule has 3 rings (SSSR count). The summed E-state index contributed by atoms with van der Waals surface area (Å²) in [6.45, 7) is 0.840. The monoisotopic (exact) mass is 378 g/mol. The van der Waals surface area contributed by atoms with Crippen LogP contribution in [0.4, 0.5) is 0 Å². The highest BCUT2D eigenvalue weighted by molar-refractivity contribution is 7.08. The van der Waals surface area contributed by atoms with E-state index >= 15 is 0 Å². The van der Waals surface area contributed by atoms with Crippen LogP contribution in [-0.2, 0) is 4.79 Å². The molecule has 0 atom stereocenters. The van der Waals surface area contributed by atoms with Crippen molar-refractivity contribution in [3.63, 3.8) is 0 Å². The highest BCUT2D eigenvalue weighted by atomic mass is 32.1. The van der Waals surface area contributed by atoms with Gasteiger partial charge in [0.25, 0.3) is 5.91 Å². The van der Waals surface area contributed by atoms with Gasteiger partial charge in [0.1, 0.15) is 0 Å². The molecule has 4 nitrogen and oxygen atoms in total. The van der Waals surface area contributed by atoms with E-state index in [1.165, 1.54) is 11.3 Å². The van der Waals surface area contributed by atoms with Crippen molar-refractivity contribution < 1.29 is 9.59 Å². The molecule has 3 aromatic rings. The molecular weight excluding hydrogens is 356 g/mol. The number of carbonyl (C=O) groups excluding carboxylic acids is 2. The van der Waals surface area contributed by atoms with Gasteiger partial charge in [0, 0.05) is 36.4 Å². The van der Waals surface area contributed by atoms with Crippen LogP contribution >= 0.6 is 11.3 Å². The molecule has 1 heterocycles. The standard InChI is InChI=1S/C22H22N2O2S/c25-21(11-13-23-22(26)19-12-14-27-16-19)24-15-20(17-7-3-1-4-8-17)18-9-5-2-6-10-18/h1-10,12,14,16,20H,11,13,15H2,(H,23,26)(H,24,25). The molecule has 0 saturated heterocycles. The average molecular weight is 378 g/mol. The summed E-state index contributed by atoms with van der Waals surface area (Å²) in [4.78, 5) is 24.1. The molecular formula is C22H22N2O2S. The van der Waals surface area contributed by atoms with Gasteiger partial charge in [0.15, 0.2) is 0 Å². The van der Waals surface area contributed by atoms with Crippen LogP contribution in [0.25, 0.3) is 0 Å². The molecule has 0 fully saturated rings. The van der Waals surface area contributed by atoms with E-state index in [0.717, 1.165) is 11.1 Å². The van der Waals surface area contributed by atoms with Crippen molar-refractivity contribution in [2.75, 3.05) is 13.1 Å². The van der Waals surface area contributed by atoms with Crippen LogP contribution in [0.2, 0.25) is 0 Å². The average Bonchev–Trinajstić information content (AvgIpc) is 3.25. The lowest BCUT2D eigenvalue weighted by Gasteiger charge is -2.19. The smallest absolute Gasteiger partial charge is 0.252 e. The maximum atomic E-state index is 12.2. The van der Waals surface area contributed by atoms with Crippen LogP contribution in [0.15, 0.2) is 77.5 Å². The van der Waals surface area contributed by atoms with Gasteiger partial charge >= 0.3 is 0 Å². The predicted molar refractivity (Wildman–Crippen MR) is 109 cm³/mol. The minimum absolute atomic E-state index is 0.0718. The third kappa shape index (κ3) is 5.53. The van der Waals surface area contributed by atoms with Crippen molar-refractivity contribution in [1.29, 1.82) is 0 Å². The van der Waals surface area contributed by atoms with E-state index in [-0.39, 0.29) is 24.2 Å². The molecule has 2 aromatic carbocycles. The molecule has 0 aliphatic heterocycles. The Bertz CT molecular complexity index is 809. The summed E-state index contributed by atoms with van der Waals surface area (Å²) in [6.07, 6.45) is 0.256. The normalized spacial score (nSPS) is 10.6. The molecule has 1 aromatic heterocycles. The van der Waals surface area contributed by atoms with Gasteiger partial charge in [0.05, 0.1) is 0 Å². The van der Waals surface area contributed by atoms with Gasteiger partial charge in [-0.3, -0.25) is 9.59 Å². The van der Waals surface area contributed by atoms with Crippen molar-refractivity contribution in [3.8, 4) is 0 Å². The molecule has 0 bridgehead atoms. The number of rotatable bonds is 8. The van der Waals surface area contributed by atoms with Crippen molar-refractivity contribution in [2.24, 2.45) is 0 Å². The second kappa shape index (κ2) is 9.69. The highest BCUT2D eigenvalue weighted by Crippen LogP contribution is 2.23. The van der Waals surface area contributed by atoms with Crippen LogP contribution in [0.5, 0.6) is 0 Å². The number of benzene rings is 2. The van der Waals surface area contributed by atoms with E-state index in [1.807, 2.05) is 41.8 Å². The molecule has 0 radical (unpaired) electrons. The Balaban J connectivity index is 1.52. The van der Waals surface area contributed by atoms with Gasteiger partial charge in [-0.15, -0.1) is 0 Å². The third-order valence-corrected chi connectivity index (χ3v) is 5.01. The molecule has 0 aliphatic carbocycles. The first-order chi connectivity index (χ1) is 13.2. The summed E-state index contributed by atoms with van der Waals surface area (Å²) in [6, 6.07) is 22.1. The largest absolute Gasteiger partial charge is 0.355 e. The Labute approximate surface area is 163 Å². The number of thiophene rings is 1. The van der Waals surface area contributed by atoms with Gasteiger partial charge in [0.2, 0.25) is 5.91 Å². The van der Waals surface area contributed by atoms with Crippen LogP contribution in [-0.4, -0.2) is 24.9 Å². The first-order valence-electron chi connectivity index (χ1n) is 8.91. The van der Waals surface area contributed by atoms with E-state index in [1.54, 1.807) is 11.4 Å². The number of carbonyl (C=O) groups is 2. The number of nitrogens with one attached hydrogen (secondary N) is 2. The van der Waals surface area contributed by atoms with Gasteiger partial charge < -0.3 is 10.6 Å². The summed E-state index contributed by atoms with van der Waals surface area (Å²) >= 11 is 1.47. The first kappa shape index (κ1) is 18.9. The van der Waals surface area contributed by atoms with Gasteiger partial charge in [-0.25, -0.2) is 0 Å². The molecule has 0 spiro atoms. The van der Waals surface area contributed by atoms with Crippen molar-refractivity contribution >= 4 is 23.2 Å². The van der Waals surface area contributed by atoms with Crippen LogP contribution in [0.3, 0.4) is 0 Å². The van der Waals surface area contributed by atoms with Crippen molar-refractivity contribution in [2.45, 2.75) is 12.3 Å². The molecule has 2 amide bonds. The summed E-state index contributed by atoms with van der Waals surface area (Å²) in [5.74, 6) is -0.121. The Hall–Kier alpha value is -2.92. The van der Waals surface area contributed by atoms with Gasteiger partial charge in [-0.1, -0.05) is 60.7 Å². The molecule has 0 aliphatic rings. The van der Waals surface area contributed by atoms with E-state index < -0.39 is 0 Å². The third-order valence-electron chi connectivity index (χ3n) is 4.33. The quantitative estimate of drug-likeness (QED) is 0.626. The second-order valence-corrected chi connectivity index (χ2v) is 6.98. The summed E-state index contributed by atoms with van der Waals surface area (Å²) in [5.41, 5.74) is 2.96. The SMILES string of the molecule is O=C(CCNC(=O)c1ccsc1)NCC(c1ccccc1)c1ccccc1. The Kier molecular flexibility index (Phi) is 6.77. The Morgan fingerprint density at radius 1 is 0.852 bits per heavy atom. The zero-order chi connectivity index (χ0) is 18.9. The van der Waals surface area contributed by atoms with Crippen molar-refractivity contribution in [3.05, 3.63) is 94.2 Å². The minimum Gasteiger partial charge on any atom is -0.355 e. The number of amides is 2. The lowest BCUT2D eigenvalue weighted by Crippen LogP contribution is -2.33. The highest BCUT2D eigenvalue weighted by Gasteiger charge is 2.15. The number of hydrogen-bond acceptors (Lipinski definition) is 3. The summed E-state index contributed by atoms with van der Waals surface area (Å²) in [7, 11) is 0. The number of hydrogen-bond donors (Lipinski definition) is 2. The molecule has 5 heteroatoms. The van der Waals surface area contributed by atoms with E-state index in [0.29, 0.717) is 18.7 Å². The van der Waals surface area contributed by atoms with Crippen LogP contribution in [0, 0.1) is 0 Å². The zero-order valence-corrected chi connectivity index (χ0v) is 15.7. The predicted octanol–water partition coefficient (Wildman–Crippen LogP) is 3.82.